The fourth-order valence-electron chi connectivity index (χ4n) is 2.52. The Bertz CT molecular complexity index is 648. The molecule has 3 rings (SSSR count). The fraction of sp³-hybridized carbons (Fsp3) is 0.538. The number of ether oxygens (including phenoxy) is 1. The highest BCUT2D eigenvalue weighted by Crippen LogP contribution is 2.17. The Morgan fingerprint density at radius 2 is 2.42 bits per heavy atom. The van der Waals surface area contributed by atoms with Gasteiger partial charge in [0.05, 0.1) is 24.8 Å². The summed E-state index contributed by atoms with van der Waals surface area (Å²) in [6.45, 7) is 5.51. The highest BCUT2D eigenvalue weighted by molar-refractivity contribution is 7.71. The molecule has 19 heavy (non-hydrogen) atoms. The second-order valence-electron chi connectivity index (χ2n) is 5.12. The molecule has 3 heterocycles. The van der Waals surface area contributed by atoms with Gasteiger partial charge in [-0.15, -0.1) is 0 Å². The number of aryl methyl sites for hydroxylation is 1. The number of hydrogen-bond acceptors (Lipinski definition) is 4. The Morgan fingerprint density at radius 3 is 3.21 bits per heavy atom. The fourth-order valence-corrected chi connectivity index (χ4v) is 2.79. The van der Waals surface area contributed by atoms with Gasteiger partial charge in [0.15, 0.2) is 10.4 Å². The summed E-state index contributed by atoms with van der Waals surface area (Å²) in [5.74, 6) is 0. The smallest absolute Gasteiger partial charge is 0.179 e. The van der Waals surface area contributed by atoms with E-state index in [0.717, 1.165) is 43.0 Å². The zero-order valence-corrected chi connectivity index (χ0v) is 12.0. The van der Waals surface area contributed by atoms with Crippen molar-refractivity contribution in [3.8, 4) is 0 Å². The van der Waals surface area contributed by atoms with Crippen LogP contribution in [0, 0.1) is 11.7 Å². The van der Waals surface area contributed by atoms with E-state index in [2.05, 4.69) is 28.8 Å². The quantitative estimate of drug-likeness (QED) is 0.850. The highest BCUT2D eigenvalue weighted by Gasteiger charge is 2.20. The first kappa shape index (κ1) is 12.8. The van der Waals surface area contributed by atoms with E-state index in [1.807, 2.05) is 16.8 Å². The topological polar surface area (TPSA) is 46.1 Å². The molecule has 0 saturated carbocycles. The van der Waals surface area contributed by atoms with Gasteiger partial charge in [-0.05, 0) is 37.8 Å². The summed E-state index contributed by atoms with van der Waals surface area (Å²) in [6.07, 6.45) is 2.00. The predicted molar refractivity (Wildman–Crippen MR) is 76.9 cm³/mol. The standard InChI is InChI=1S/C13H18N4OS/c1-9-3-4-14-12-11(9)15-13(19)17(12)8-10-7-16(2)5-6-18-10/h3-4,10H,5-8H2,1-2H3,(H,15,19). The van der Waals surface area contributed by atoms with Crippen molar-refractivity contribution in [3.63, 3.8) is 0 Å². The molecule has 0 bridgehead atoms. The van der Waals surface area contributed by atoms with Crippen molar-refractivity contribution in [1.82, 2.24) is 19.4 Å². The molecule has 5 nitrogen and oxygen atoms in total. The van der Waals surface area contributed by atoms with Crippen LogP contribution in [0.3, 0.4) is 0 Å². The molecule has 0 aromatic carbocycles. The summed E-state index contributed by atoms with van der Waals surface area (Å²) in [5, 5.41) is 0. The van der Waals surface area contributed by atoms with E-state index in [4.69, 9.17) is 17.0 Å². The van der Waals surface area contributed by atoms with Gasteiger partial charge in [0.1, 0.15) is 0 Å². The molecule has 6 heteroatoms. The number of aromatic amines is 1. The van der Waals surface area contributed by atoms with Crippen LogP contribution in [0.4, 0.5) is 0 Å². The summed E-state index contributed by atoms with van der Waals surface area (Å²) in [6, 6.07) is 1.99. The summed E-state index contributed by atoms with van der Waals surface area (Å²) in [5.41, 5.74) is 3.11. The third-order valence-corrected chi connectivity index (χ3v) is 3.92. The monoisotopic (exact) mass is 278 g/mol. The molecule has 0 radical (unpaired) electrons. The number of hydrogen-bond donors (Lipinski definition) is 1. The van der Waals surface area contributed by atoms with Crippen molar-refractivity contribution in [1.29, 1.82) is 0 Å². The van der Waals surface area contributed by atoms with Gasteiger partial charge in [-0.25, -0.2) is 4.98 Å². The number of pyridine rings is 1. The maximum atomic E-state index is 5.81. The van der Waals surface area contributed by atoms with Gasteiger partial charge in [-0.3, -0.25) is 4.57 Å². The third kappa shape index (κ3) is 2.43. The van der Waals surface area contributed by atoms with Crippen molar-refractivity contribution in [2.24, 2.45) is 0 Å². The van der Waals surface area contributed by atoms with Crippen LogP contribution in [0.1, 0.15) is 5.56 Å². The molecule has 1 atom stereocenters. The molecule has 1 fully saturated rings. The Kier molecular flexibility index (Phi) is 3.38. The van der Waals surface area contributed by atoms with E-state index < -0.39 is 0 Å². The van der Waals surface area contributed by atoms with Crippen LogP contribution < -0.4 is 0 Å². The normalized spacial score (nSPS) is 21.1. The molecule has 102 valence electrons. The average Bonchev–Trinajstić information content (AvgIpc) is 2.69. The minimum atomic E-state index is 0.173. The van der Waals surface area contributed by atoms with Crippen molar-refractivity contribution in [2.45, 2.75) is 19.6 Å². The minimum absolute atomic E-state index is 0.173. The van der Waals surface area contributed by atoms with E-state index >= 15 is 0 Å². The van der Waals surface area contributed by atoms with E-state index in [9.17, 15) is 0 Å². The molecule has 0 aliphatic carbocycles. The van der Waals surface area contributed by atoms with E-state index in [0.29, 0.717) is 4.77 Å². The number of nitrogens with zero attached hydrogens (tertiary/aromatic N) is 3. The third-order valence-electron chi connectivity index (χ3n) is 3.60. The zero-order chi connectivity index (χ0) is 13.4. The van der Waals surface area contributed by atoms with Crippen molar-refractivity contribution < 1.29 is 4.74 Å². The van der Waals surface area contributed by atoms with Crippen molar-refractivity contribution >= 4 is 23.4 Å². The van der Waals surface area contributed by atoms with Crippen LogP contribution in [0.15, 0.2) is 12.3 Å². The van der Waals surface area contributed by atoms with Crippen LogP contribution in [-0.4, -0.2) is 52.3 Å². The maximum Gasteiger partial charge on any atom is 0.179 e. The summed E-state index contributed by atoms with van der Waals surface area (Å²) >= 11 is 5.41. The lowest BCUT2D eigenvalue weighted by atomic mass is 10.2. The molecule has 1 aliphatic heterocycles. The Hall–Kier alpha value is -1.24. The van der Waals surface area contributed by atoms with Crippen molar-refractivity contribution in [3.05, 3.63) is 22.6 Å². The van der Waals surface area contributed by atoms with Crippen LogP contribution in [0.2, 0.25) is 0 Å². The number of fused-ring (bicyclic) bond motifs is 1. The van der Waals surface area contributed by atoms with E-state index in [1.54, 1.807) is 0 Å². The molecule has 1 aliphatic rings. The van der Waals surface area contributed by atoms with Crippen LogP contribution in [-0.2, 0) is 11.3 Å². The number of rotatable bonds is 2. The zero-order valence-electron chi connectivity index (χ0n) is 11.2. The largest absolute Gasteiger partial charge is 0.374 e. The Morgan fingerprint density at radius 1 is 1.58 bits per heavy atom. The first-order valence-electron chi connectivity index (χ1n) is 6.49. The molecule has 1 unspecified atom stereocenters. The second kappa shape index (κ2) is 5.03. The molecule has 2 aromatic heterocycles. The Labute approximate surface area is 117 Å². The van der Waals surface area contributed by atoms with Crippen LogP contribution in [0.5, 0.6) is 0 Å². The number of aromatic nitrogens is 3. The van der Waals surface area contributed by atoms with Gasteiger partial charge in [-0.1, -0.05) is 0 Å². The lowest BCUT2D eigenvalue weighted by Crippen LogP contribution is -2.42. The SMILES string of the molecule is Cc1ccnc2c1[nH]c(=S)n2CC1CN(C)CCO1. The van der Waals surface area contributed by atoms with Crippen LogP contribution >= 0.6 is 12.2 Å². The van der Waals surface area contributed by atoms with Gasteiger partial charge < -0.3 is 14.6 Å². The lowest BCUT2D eigenvalue weighted by Gasteiger charge is -2.30. The van der Waals surface area contributed by atoms with E-state index in [1.165, 1.54) is 0 Å². The van der Waals surface area contributed by atoms with Gasteiger partial charge in [0.25, 0.3) is 0 Å². The van der Waals surface area contributed by atoms with Gasteiger partial charge in [-0.2, -0.15) is 0 Å². The van der Waals surface area contributed by atoms with Gasteiger partial charge in [0, 0.05) is 19.3 Å². The predicted octanol–water partition coefficient (Wildman–Crippen LogP) is 1.73. The molecule has 2 aromatic rings. The number of H-pyrrole nitrogens is 1. The number of nitrogens with one attached hydrogen (secondary N) is 1. The summed E-state index contributed by atoms with van der Waals surface area (Å²) in [4.78, 5) is 9.97. The maximum absolute atomic E-state index is 5.81. The number of imidazole rings is 1. The minimum Gasteiger partial charge on any atom is -0.374 e. The van der Waals surface area contributed by atoms with Gasteiger partial charge >= 0.3 is 0 Å². The number of likely N-dealkylation sites (N-methyl/N-ethyl adjacent to an activating group) is 1. The van der Waals surface area contributed by atoms with E-state index in [-0.39, 0.29) is 6.10 Å². The first-order chi connectivity index (χ1) is 9.15. The molecular formula is C13H18N4OS. The van der Waals surface area contributed by atoms with Crippen LogP contribution in [0.25, 0.3) is 11.2 Å². The molecule has 1 saturated heterocycles. The molecule has 0 amide bonds. The van der Waals surface area contributed by atoms with Gasteiger partial charge in [0.2, 0.25) is 0 Å². The summed E-state index contributed by atoms with van der Waals surface area (Å²) < 4.78 is 8.56. The molecule has 0 spiro atoms. The highest BCUT2D eigenvalue weighted by atomic mass is 32.1. The second-order valence-corrected chi connectivity index (χ2v) is 5.51. The average molecular weight is 278 g/mol. The molecular weight excluding hydrogens is 260 g/mol. The number of morpholine rings is 1. The van der Waals surface area contributed by atoms with Crippen molar-refractivity contribution in [2.75, 3.05) is 26.7 Å². The Balaban J connectivity index is 1.94. The first-order valence-corrected chi connectivity index (χ1v) is 6.90. The summed E-state index contributed by atoms with van der Waals surface area (Å²) in [7, 11) is 2.12. The lowest BCUT2D eigenvalue weighted by molar-refractivity contribution is -0.0271. The molecule has 1 N–H and O–H groups in total.